The summed E-state index contributed by atoms with van der Waals surface area (Å²) in [7, 11) is 0. The molecule has 3 N–H and O–H groups in total. The molecule has 2 heterocycles. The minimum atomic E-state index is -0.341. The first-order valence-corrected chi connectivity index (χ1v) is 3.96. The molecular weight excluding hydrogens is 166 g/mol. The molecule has 0 spiro atoms. The van der Waals surface area contributed by atoms with Crippen molar-refractivity contribution in [1.82, 2.24) is 9.97 Å². The van der Waals surface area contributed by atoms with Gasteiger partial charge in [-0.05, 0) is 18.2 Å². The zero-order valence-corrected chi connectivity index (χ0v) is 6.95. The van der Waals surface area contributed by atoms with Gasteiger partial charge in [0.05, 0.1) is 6.42 Å². The monoisotopic (exact) mass is 175 g/mol. The van der Waals surface area contributed by atoms with Crippen molar-refractivity contribution in [3.63, 3.8) is 0 Å². The van der Waals surface area contributed by atoms with Crippen LogP contribution in [0.15, 0.2) is 24.4 Å². The number of primary amides is 1. The van der Waals surface area contributed by atoms with Crippen molar-refractivity contribution < 1.29 is 4.79 Å². The van der Waals surface area contributed by atoms with Crippen molar-refractivity contribution in [2.45, 2.75) is 6.42 Å². The zero-order valence-electron chi connectivity index (χ0n) is 6.95. The number of fused-ring (bicyclic) bond motifs is 1. The number of aromatic amines is 1. The lowest BCUT2D eigenvalue weighted by Crippen LogP contribution is -2.13. The summed E-state index contributed by atoms with van der Waals surface area (Å²) in [6.07, 6.45) is 1.93. The van der Waals surface area contributed by atoms with Crippen LogP contribution in [0.2, 0.25) is 0 Å². The summed E-state index contributed by atoms with van der Waals surface area (Å²) in [6, 6.07) is 5.67. The van der Waals surface area contributed by atoms with Crippen LogP contribution in [-0.2, 0) is 11.2 Å². The molecule has 0 aromatic carbocycles. The average molecular weight is 175 g/mol. The van der Waals surface area contributed by atoms with Crippen LogP contribution < -0.4 is 5.73 Å². The molecule has 2 aromatic rings. The van der Waals surface area contributed by atoms with E-state index >= 15 is 0 Å². The minimum Gasteiger partial charge on any atom is -0.369 e. The van der Waals surface area contributed by atoms with Crippen molar-refractivity contribution in [3.8, 4) is 0 Å². The molecule has 2 aromatic heterocycles. The Morgan fingerprint density at radius 2 is 2.46 bits per heavy atom. The molecule has 0 fully saturated rings. The fraction of sp³-hybridized carbons (Fsp3) is 0.111. The van der Waals surface area contributed by atoms with Gasteiger partial charge in [0, 0.05) is 17.3 Å². The van der Waals surface area contributed by atoms with Crippen LogP contribution in [0.25, 0.3) is 11.0 Å². The Bertz CT molecular complexity index is 414. The number of carbonyl (C=O) groups is 1. The molecule has 0 aliphatic carbocycles. The predicted molar refractivity (Wildman–Crippen MR) is 49.0 cm³/mol. The number of pyridine rings is 1. The van der Waals surface area contributed by atoms with E-state index in [4.69, 9.17) is 5.73 Å². The van der Waals surface area contributed by atoms with E-state index in [0.29, 0.717) is 0 Å². The summed E-state index contributed by atoms with van der Waals surface area (Å²) in [5.41, 5.74) is 6.66. The predicted octanol–water partition coefficient (Wildman–Crippen LogP) is 0.591. The normalized spacial score (nSPS) is 10.5. The molecule has 4 heteroatoms. The van der Waals surface area contributed by atoms with Crippen molar-refractivity contribution in [3.05, 3.63) is 30.1 Å². The van der Waals surface area contributed by atoms with Gasteiger partial charge in [0.25, 0.3) is 0 Å². The molecule has 2 rings (SSSR count). The third kappa shape index (κ3) is 1.51. The summed E-state index contributed by atoms with van der Waals surface area (Å²) in [4.78, 5) is 17.7. The Balaban J connectivity index is 2.44. The fourth-order valence-corrected chi connectivity index (χ4v) is 1.30. The number of hydrogen-bond donors (Lipinski definition) is 2. The Morgan fingerprint density at radius 3 is 3.15 bits per heavy atom. The first kappa shape index (κ1) is 7.79. The SMILES string of the molecule is NC(=O)Cc1cc2cccnc2[nH]1. The number of nitrogens with one attached hydrogen (secondary N) is 1. The van der Waals surface area contributed by atoms with Crippen LogP contribution in [0, 0.1) is 0 Å². The van der Waals surface area contributed by atoms with Crippen LogP contribution in [0.3, 0.4) is 0 Å². The second-order valence-corrected chi connectivity index (χ2v) is 2.88. The van der Waals surface area contributed by atoms with Crippen LogP contribution in [0.5, 0.6) is 0 Å². The highest BCUT2D eigenvalue weighted by molar-refractivity contribution is 5.81. The lowest BCUT2D eigenvalue weighted by molar-refractivity contribution is -0.117. The number of H-pyrrole nitrogens is 1. The van der Waals surface area contributed by atoms with Gasteiger partial charge in [0.1, 0.15) is 5.65 Å². The minimum absolute atomic E-state index is 0.232. The van der Waals surface area contributed by atoms with E-state index in [9.17, 15) is 4.79 Å². The molecular formula is C9H9N3O. The van der Waals surface area contributed by atoms with Crippen LogP contribution in [-0.4, -0.2) is 15.9 Å². The highest BCUT2D eigenvalue weighted by Crippen LogP contribution is 2.11. The fourth-order valence-electron chi connectivity index (χ4n) is 1.30. The number of aromatic nitrogens is 2. The van der Waals surface area contributed by atoms with E-state index in [2.05, 4.69) is 9.97 Å². The van der Waals surface area contributed by atoms with Gasteiger partial charge in [-0.2, -0.15) is 0 Å². The van der Waals surface area contributed by atoms with Gasteiger partial charge in [-0.1, -0.05) is 0 Å². The molecule has 0 radical (unpaired) electrons. The highest BCUT2D eigenvalue weighted by atomic mass is 16.1. The molecule has 0 aliphatic heterocycles. The van der Waals surface area contributed by atoms with Crippen LogP contribution in [0.4, 0.5) is 0 Å². The quantitative estimate of drug-likeness (QED) is 0.701. The van der Waals surface area contributed by atoms with Gasteiger partial charge >= 0.3 is 0 Å². The number of carbonyl (C=O) groups excluding carboxylic acids is 1. The second-order valence-electron chi connectivity index (χ2n) is 2.88. The van der Waals surface area contributed by atoms with E-state index in [-0.39, 0.29) is 12.3 Å². The van der Waals surface area contributed by atoms with Crippen molar-refractivity contribution in [2.24, 2.45) is 5.73 Å². The van der Waals surface area contributed by atoms with E-state index in [0.717, 1.165) is 16.7 Å². The molecule has 0 aliphatic rings. The van der Waals surface area contributed by atoms with Gasteiger partial charge in [0.15, 0.2) is 0 Å². The summed E-state index contributed by atoms with van der Waals surface area (Å²) in [6.45, 7) is 0. The molecule has 0 saturated heterocycles. The smallest absolute Gasteiger partial charge is 0.223 e. The maximum absolute atomic E-state index is 10.6. The van der Waals surface area contributed by atoms with Crippen LogP contribution >= 0.6 is 0 Å². The van der Waals surface area contributed by atoms with Gasteiger partial charge in [-0.3, -0.25) is 4.79 Å². The summed E-state index contributed by atoms with van der Waals surface area (Å²) in [5, 5.41) is 0.999. The van der Waals surface area contributed by atoms with E-state index in [1.165, 1.54) is 0 Å². The van der Waals surface area contributed by atoms with E-state index in [1.54, 1.807) is 6.20 Å². The molecule has 4 nitrogen and oxygen atoms in total. The number of nitrogens with two attached hydrogens (primary N) is 1. The topological polar surface area (TPSA) is 71.8 Å². The van der Waals surface area contributed by atoms with Gasteiger partial charge in [-0.25, -0.2) is 4.98 Å². The number of hydrogen-bond acceptors (Lipinski definition) is 2. The molecule has 13 heavy (non-hydrogen) atoms. The van der Waals surface area contributed by atoms with Gasteiger partial charge in [-0.15, -0.1) is 0 Å². The second kappa shape index (κ2) is 2.90. The highest BCUT2D eigenvalue weighted by Gasteiger charge is 2.02. The molecule has 66 valence electrons. The van der Waals surface area contributed by atoms with Crippen LogP contribution in [0.1, 0.15) is 5.69 Å². The number of rotatable bonds is 2. The summed E-state index contributed by atoms with van der Waals surface area (Å²) >= 11 is 0. The average Bonchev–Trinajstić information content (AvgIpc) is 2.44. The molecule has 0 bridgehead atoms. The summed E-state index contributed by atoms with van der Waals surface area (Å²) in [5.74, 6) is -0.341. The van der Waals surface area contributed by atoms with E-state index < -0.39 is 0 Å². The van der Waals surface area contributed by atoms with E-state index in [1.807, 2.05) is 18.2 Å². The third-order valence-corrected chi connectivity index (χ3v) is 1.81. The molecule has 0 saturated carbocycles. The first-order valence-electron chi connectivity index (χ1n) is 3.96. The number of amides is 1. The van der Waals surface area contributed by atoms with Gasteiger partial charge < -0.3 is 10.7 Å². The zero-order chi connectivity index (χ0) is 9.26. The lowest BCUT2D eigenvalue weighted by Gasteiger charge is -1.88. The maximum Gasteiger partial charge on any atom is 0.223 e. The standard InChI is InChI=1S/C9H9N3O/c10-8(13)5-7-4-6-2-1-3-11-9(6)12-7/h1-4H,5H2,(H2,10,13)(H,11,12). The maximum atomic E-state index is 10.6. The summed E-state index contributed by atoms with van der Waals surface area (Å²) < 4.78 is 0. The Hall–Kier alpha value is -1.84. The first-order chi connectivity index (χ1) is 6.25. The molecule has 0 atom stereocenters. The molecule has 1 amide bonds. The van der Waals surface area contributed by atoms with Crippen molar-refractivity contribution in [2.75, 3.05) is 0 Å². The Morgan fingerprint density at radius 1 is 1.62 bits per heavy atom. The lowest BCUT2D eigenvalue weighted by atomic mass is 10.3. The largest absolute Gasteiger partial charge is 0.369 e. The van der Waals surface area contributed by atoms with Gasteiger partial charge in [0.2, 0.25) is 5.91 Å². The Kier molecular flexibility index (Phi) is 1.73. The van der Waals surface area contributed by atoms with Crippen molar-refractivity contribution in [1.29, 1.82) is 0 Å². The molecule has 0 unspecified atom stereocenters. The number of nitrogens with zero attached hydrogens (tertiary/aromatic N) is 1. The third-order valence-electron chi connectivity index (χ3n) is 1.81. The Labute approximate surface area is 74.8 Å². The van der Waals surface area contributed by atoms with Crippen molar-refractivity contribution >= 4 is 16.9 Å².